The van der Waals surface area contributed by atoms with Crippen molar-refractivity contribution in [2.45, 2.75) is 30.9 Å². The first-order valence-electron chi connectivity index (χ1n) is 4.53. The third-order valence-corrected chi connectivity index (χ3v) is 3.75. The summed E-state index contributed by atoms with van der Waals surface area (Å²) in [7, 11) is 0. The maximum Gasteiger partial charge on any atom is 0.227 e. The fourth-order valence-electron chi connectivity index (χ4n) is 1.63. The lowest BCUT2D eigenvalue weighted by atomic mass is 9.90. The van der Waals surface area contributed by atoms with E-state index in [0.29, 0.717) is 11.0 Å². The molecule has 1 fully saturated rings. The molecule has 0 aromatic rings. The maximum absolute atomic E-state index is 10.6. The van der Waals surface area contributed by atoms with Gasteiger partial charge >= 0.3 is 0 Å². The minimum atomic E-state index is -0.285. The number of carbonyl (C=O) groups excluding carboxylic acids is 1. The molecule has 0 aliphatic heterocycles. The minimum Gasteiger partial charge on any atom is -0.369 e. The lowest BCUT2D eigenvalue weighted by Gasteiger charge is -2.25. The predicted molar refractivity (Wildman–Crippen MR) is 53.0 cm³/mol. The molecule has 1 rings (SSSR count). The van der Waals surface area contributed by atoms with Crippen molar-refractivity contribution in [1.82, 2.24) is 0 Å². The molecule has 0 bridgehead atoms. The highest BCUT2D eigenvalue weighted by Crippen LogP contribution is 2.32. The molecule has 1 saturated carbocycles. The molecule has 2 atom stereocenters. The number of rotatable bonds is 3. The maximum atomic E-state index is 10.6. The molecule has 0 aromatic carbocycles. The highest BCUT2D eigenvalue weighted by Gasteiger charge is 2.25. The normalized spacial score (nSPS) is 27.9. The van der Waals surface area contributed by atoms with Gasteiger partial charge in [-0.3, -0.25) is 4.79 Å². The number of hydrogen-bond acceptors (Lipinski definition) is 3. The van der Waals surface area contributed by atoms with Crippen molar-refractivity contribution in [3.8, 4) is 6.07 Å². The Morgan fingerprint density at radius 1 is 1.54 bits per heavy atom. The van der Waals surface area contributed by atoms with Gasteiger partial charge in [0.15, 0.2) is 0 Å². The van der Waals surface area contributed by atoms with Crippen LogP contribution in [0.1, 0.15) is 25.7 Å². The first kappa shape index (κ1) is 10.4. The molecule has 0 spiro atoms. The van der Waals surface area contributed by atoms with Crippen LogP contribution in [0.4, 0.5) is 0 Å². The van der Waals surface area contributed by atoms with Gasteiger partial charge in [0, 0.05) is 5.25 Å². The van der Waals surface area contributed by atoms with Crippen LogP contribution in [0.15, 0.2) is 0 Å². The van der Waals surface area contributed by atoms with Crippen molar-refractivity contribution >= 4 is 17.7 Å². The Labute approximate surface area is 82.7 Å². The van der Waals surface area contributed by atoms with Crippen molar-refractivity contribution in [1.29, 1.82) is 5.26 Å². The quantitative estimate of drug-likeness (QED) is 0.743. The van der Waals surface area contributed by atoms with Crippen molar-refractivity contribution in [2.24, 2.45) is 11.7 Å². The van der Waals surface area contributed by atoms with E-state index in [4.69, 9.17) is 11.0 Å². The Hall–Kier alpha value is -0.690. The fourth-order valence-corrected chi connectivity index (χ4v) is 2.77. The molecule has 2 N–H and O–H groups in total. The van der Waals surface area contributed by atoms with Crippen LogP contribution < -0.4 is 5.73 Å². The number of nitriles is 1. The summed E-state index contributed by atoms with van der Waals surface area (Å²) in [6.45, 7) is 0. The van der Waals surface area contributed by atoms with Crippen LogP contribution in [-0.4, -0.2) is 16.9 Å². The molecule has 3 nitrogen and oxygen atoms in total. The van der Waals surface area contributed by atoms with Crippen LogP contribution in [-0.2, 0) is 4.79 Å². The highest BCUT2D eigenvalue weighted by atomic mass is 32.2. The fraction of sp³-hybridized carbons (Fsp3) is 0.778. The van der Waals surface area contributed by atoms with Crippen molar-refractivity contribution in [3.05, 3.63) is 0 Å². The van der Waals surface area contributed by atoms with E-state index in [1.165, 1.54) is 6.42 Å². The second-order valence-electron chi connectivity index (χ2n) is 3.34. The summed E-state index contributed by atoms with van der Waals surface area (Å²) >= 11 is 1.54. The third kappa shape index (κ3) is 3.27. The van der Waals surface area contributed by atoms with E-state index >= 15 is 0 Å². The number of nitrogens with zero attached hydrogens (tertiary/aromatic N) is 1. The number of hydrogen-bond donors (Lipinski definition) is 1. The summed E-state index contributed by atoms with van der Waals surface area (Å²) in [6, 6.07) is 2.30. The largest absolute Gasteiger partial charge is 0.369 e. The van der Waals surface area contributed by atoms with Crippen molar-refractivity contribution < 1.29 is 4.79 Å². The van der Waals surface area contributed by atoms with Gasteiger partial charge in [-0.05, 0) is 12.8 Å². The van der Waals surface area contributed by atoms with Crippen LogP contribution in [0.2, 0.25) is 0 Å². The third-order valence-electron chi connectivity index (χ3n) is 2.31. The molecule has 2 unspecified atom stereocenters. The Morgan fingerprint density at radius 3 is 2.85 bits per heavy atom. The molecule has 0 aromatic heterocycles. The smallest absolute Gasteiger partial charge is 0.227 e. The highest BCUT2D eigenvalue weighted by molar-refractivity contribution is 8.00. The summed E-state index contributed by atoms with van der Waals surface area (Å²) in [4.78, 5) is 10.6. The van der Waals surface area contributed by atoms with E-state index < -0.39 is 0 Å². The van der Waals surface area contributed by atoms with Gasteiger partial charge in [-0.1, -0.05) is 12.8 Å². The summed E-state index contributed by atoms with van der Waals surface area (Å²) < 4.78 is 0. The van der Waals surface area contributed by atoms with E-state index in [1.54, 1.807) is 11.8 Å². The van der Waals surface area contributed by atoms with Gasteiger partial charge in [0.2, 0.25) is 5.91 Å². The van der Waals surface area contributed by atoms with Gasteiger partial charge in [0.1, 0.15) is 0 Å². The first-order valence-corrected chi connectivity index (χ1v) is 5.58. The van der Waals surface area contributed by atoms with Crippen LogP contribution in [0.3, 0.4) is 0 Å². The molecule has 4 heteroatoms. The van der Waals surface area contributed by atoms with Crippen LogP contribution in [0.5, 0.6) is 0 Å². The van der Waals surface area contributed by atoms with Gasteiger partial charge in [-0.2, -0.15) is 5.26 Å². The first-order chi connectivity index (χ1) is 6.24. The summed E-state index contributed by atoms with van der Waals surface area (Å²) in [5, 5.41) is 9.17. The van der Waals surface area contributed by atoms with Gasteiger partial charge in [0.05, 0.1) is 17.7 Å². The molecular weight excluding hydrogens is 184 g/mol. The van der Waals surface area contributed by atoms with Crippen molar-refractivity contribution in [2.75, 3.05) is 5.75 Å². The van der Waals surface area contributed by atoms with Gasteiger partial charge in [0.25, 0.3) is 0 Å². The Bertz CT molecular complexity index is 224. The molecule has 0 saturated heterocycles. The van der Waals surface area contributed by atoms with E-state index in [1.807, 2.05) is 0 Å². The standard InChI is InChI=1S/C9H14N2OS/c10-5-7-3-1-2-4-8(7)13-6-9(11)12/h7-8H,1-4,6H2,(H2,11,12). The Balaban J connectivity index is 2.37. The Kier molecular flexibility index (Phi) is 4.10. The molecule has 0 radical (unpaired) electrons. The van der Waals surface area contributed by atoms with Gasteiger partial charge in [-0.15, -0.1) is 11.8 Å². The monoisotopic (exact) mass is 198 g/mol. The number of carbonyl (C=O) groups is 1. The van der Waals surface area contributed by atoms with Gasteiger partial charge in [-0.25, -0.2) is 0 Å². The molecule has 1 aliphatic rings. The number of nitrogens with two attached hydrogens (primary N) is 1. The second kappa shape index (κ2) is 5.13. The Morgan fingerprint density at radius 2 is 2.23 bits per heavy atom. The molecule has 72 valence electrons. The summed E-state index contributed by atoms with van der Waals surface area (Å²) in [5.74, 6) is 0.188. The number of amides is 1. The van der Waals surface area contributed by atoms with Gasteiger partial charge < -0.3 is 5.73 Å². The van der Waals surface area contributed by atoms with Crippen LogP contribution in [0.25, 0.3) is 0 Å². The van der Waals surface area contributed by atoms with E-state index in [9.17, 15) is 4.79 Å². The lowest BCUT2D eigenvalue weighted by Crippen LogP contribution is -2.23. The molecule has 1 aliphatic carbocycles. The lowest BCUT2D eigenvalue weighted by molar-refractivity contribution is -0.115. The molecular formula is C9H14N2OS. The van der Waals surface area contributed by atoms with Crippen molar-refractivity contribution in [3.63, 3.8) is 0 Å². The molecule has 1 amide bonds. The zero-order valence-electron chi connectivity index (χ0n) is 7.53. The zero-order valence-corrected chi connectivity index (χ0v) is 8.35. The molecule has 0 heterocycles. The molecule has 13 heavy (non-hydrogen) atoms. The van der Waals surface area contributed by atoms with E-state index in [0.717, 1.165) is 19.3 Å². The predicted octanol–water partition coefficient (Wildman–Crippen LogP) is 1.29. The topological polar surface area (TPSA) is 66.9 Å². The number of thioether (sulfide) groups is 1. The number of primary amides is 1. The van der Waals surface area contributed by atoms with E-state index in [-0.39, 0.29) is 11.8 Å². The summed E-state index contributed by atoms with van der Waals surface area (Å²) in [6.07, 6.45) is 4.35. The summed E-state index contributed by atoms with van der Waals surface area (Å²) in [5.41, 5.74) is 5.05. The average molecular weight is 198 g/mol. The average Bonchev–Trinajstić information content (AvgIpc) is 2.15. The minimum absolute atomic E-state index is 0.123. The zero-order chi connectivity index (χ0) is 9.68. The van der Waals surface area contributed by atoms with Crippen LogP contribution >= 0.6 is 11.8 Å². The second-order valence-corrected chi connectivity index (χ2v) is 4.56. The SMILES string of the molecule is N#CC1CCCCC1SCC(N)=O. The van der Waals surface area contributed by atoms with E-state index in [2.05, 4.69) is 6.07 Å². The van der Waals surface area contributed by atoms with Crippen LogP contribution in [0, 0.1) is 17.2 Å².